The Labute approximate surface area is 102 Å². The Hall–Kier alpha value is -0.800. The van der Waals surface area contributed by atoms with Crippen molar-refractivity contribution in [2.45, 2.75) is 27.3 Å². The summed E-state index contributed by atoms with van der Waals surface area (Å²) in [5.41, 5.74) is 0.841. The number of pyridine rings is 1. The summed E-state index contributed by atoms with van der Waals surface area (Å²) in [6.07, 6.45) is 0. The molecule has 0 radical (unpaired) electrons. The average Bonchev–Trinajstić information content (AvgIpc) is 2.22. The maximum atomic E-state index is 6.05. The van der Waals surface area contributed by atoms with Gasteiger partial charge >= 0.3 is 0 Å². The molecule has 0 saturated heterocycles. The van der Waals surface area contributed by atoms with Gasteiger partial charge in [-0.25, -0.2) is 4.98 Å². The molecule has 3 nitrogen and oxygen atoms in total. The van der Waals surface area contributed by atoms with E-state index in [2.05, 4.69) is 24.1 Å². The van der Waals surface area contributed by atoms with Gasteiger partial charge in [0.1, 0.15) is 0 Å². The molecule has 0 unspecified atom stereocenters. The Kier molecular flexibility index (Phi) is 5.56. The van der Waals surface area contributed by atoms with E-state index in [9.17, 15) is 0 Å². The largest absolute Gasteiger partial charge is 0.478 e. The maximum absolute atomic E-state index is 6.05. The minimum atomic E-state index is 0.619. The molecule has 0 aliphatic heterocycles. The highest BCUT2D eigenvalue weighted by Crippen LogP contribution is 2.17. The van der Waals surface area contributed by atoms with Gasteiger partial charge in [-0.2, -0.15) is 0 Å². The molecule has 1 aromatic heterocycles. The van der Waals surface area contributed by atoms with Crippen LogP contribution in [0.1, 0.15) is 26.5 Å². The van der Waals surface area contributed by atoms with Crippen molar-refractivity contribution >= 4 is 11.6 Å². The summed E-state index contributed by atoms with van der Waals surface area (Å²) in [6, 6.07) is 3.61. The minimum Gasteiger partial charge on any atom is -0.478 e. The van der Waals surface area contributed by atoms with Crippen molar-refractivity contribution in [2.75, 3.05) is 13.2 Å². The Morgan fingerprint density at radius 2 is 2.19 bits per heavy atom. The molecular weight excluding hydrogens is 224 g/mol. The molecule has 16 heavy (non-hydrogen) atoms. The first-order chi connectivity index (χ1) is 7.63. The fraction of sp³-hybridized carbons (Fsp3) is 0.583. The smallest absolute Gasteiger partial charge is 0.213 e. The number of aromatic nitrogens is 1. The van der Waals surface area contributed by atoms with E-state index in [0.29, 0.717) is 30.0 Å². The topological polar surface area (TPSA) is 34.1 Å². The lowest BCUT2D eigenvalue weighted by atomic mass is 10.2. The summed E-state index contributed by atoms with van der Waals surface area (Å²) in [6.45, 7) is 8.52. The van der Waals surface area contributed by atoms with Crippen molar-refractivity contribution in [3.05, 3.63) is 22.8 Å². The fourth-order valence-corrected chi connectivity index (χ4v) is 1.47. The van der Waals surface area contributed by atoms with E-state index in [1.165, 1.54) is 0 Å². The highest BCUT2D eigenvalue weighted by Gasteiger charge is 2.04. The van der Waals surface area contributed by atoms with Crippen LogP contribution in [0.3, 0.4) is 0 Å². The van der Waals surface area contributed by atoms with Crippen molar-refractivity contribution in [1.29, 1.82) is 0 Å². The molecule has 1 N–H and O–H groups in total. The van der Waals surface area contributed by atoms with Crippen molar-refractivity contribution in [2.24, 2.45) is 5.92 Å². The van der Waals surface area contributed by atoms with E-state index >= 15 is 0 Å². The third-order valence-electron chi connectivity index (χ3n) is 2.03. The summed E-state index contributed by atoms with van der Waals surface area (Å²) in [7, 11) is 0. The van der Waals surface area contributed by atoms with Gasteiger partial charge in [0.2, 0.25) is 5.88 Å². The van der Waals surface area contributed by atoms with Gasteiger partial charge in [0.05, 0.1) is 17.3 Å². The van der Waals surface area contributed by atoms with E-state index < -0.39 is 0 Å². The zero-order valence-electron chi connectivity index (χ0n) is 10.1. The molecule has 0 bridgehead atoms. The average molecular weight is 243 g/mol. The van der Waals surface area contributed by atoms with Gasteiger partial charge in [-0.05, 0) is 25.5 Å². The van der Waals surface area contributed by atoms with E-state index in [-0.39, 0.29) is 0 Å². The van der Waals surface area contributed by atoms with Gasteiger partial charge in [-0.3, -0.25) is 0 Å². The van der Waals surface area contributed by atoms with Crippen molar-refractivity contribution in [1.82, 2.24) is 10.3 Å². The van der Waals surface area contributed by atoms with Crippen molar-refractivity contribution in [3.63, 3.8) is 0 Å². The second-order valence-corrected chi connectivity index (χ2v) is 4.44. The third-order valence-corrected chi connectivity index (χ3v) is 2.37. The molecule has 1 aromatic rings. The molecule has 0 amide bonds. The predicted octanol–water partition coefficient (Wildman–Crippen LogP) is 2.88. The molecule has 0 aromatic carbocycles. The zero-order valence-corrected chi connectivity index (χ0v) is 10.8. The molecule has 0 saturated carbocycles. The highest BCUT2D eigenvalue weighted by molar-refractivity contribution is 6.31. The molecule has 1 heterocycles. The first-order valence-electron chi connectivity index (χ1n) is 5.62. The summed E-state index contributed by atoms with van der Waals surface area (Å²) >= 11 is 6.05. The van der Waals surface area contributed by atoms with E-state index in [4.69, 9.17) is 16.3 Å². The van der Waals surface area contributed by atoms with Crippen LogP contribution >= 0.6 is 11.6 Å². The van der Waals surface area contributed by atoms with Crippen LogP contribution in [-0.4, -0.2) is 18.1 Å². The van der Waals surface area contributed by atoms with Crippen molar-refractivity contribution in [3.8, 4) is 5.88 Å². The van der Waals surface area contributed by atoms with Gasteiger partial charge < -0.3 is 10.1 Å². The highest BCUT2D eigenvalue weighted by atomic mass is 35.5. The van der Waals surface area contributed by atoms with Crippen LogP contribution in [0.5, 0.6) is 5.88 Å². The molecule has 0 aliphatic carbocycles. The molecule has 0 spiro atoms. The van der Waals surface area contributed by atoms with Crippen LogP contribution in [0, 0.1) is 5.92 Å². The Balaban J connectivity index is 2.59. The number of hydrogen-bond acceptors (Lipinski definition) is 3. The maximum Gasteiger partial charge on any atom is 0.213 e. The fourth-order valence-electron chi connectivity index (χ4n) is 1.30. The lowest BCUT2D eigenvalue weighted by Gasteiger charge is -2.09. The molecular formula is C12H19ClN2O. The number of ether oxygens (including phenoxy) is 1. The van der Waals surface area contributed by atoms with Crippen LogP contribution in [0.25, 0.3) is 0 Å². The van der Waals surface area contributed by atoms with Gasteiger partial charge in [0.15, 0.2) is 0 Å². The Morgan fingerprint density at radius 3 is 2.81 bits per heavy atom. The Morgan fingerprint density at radius 1 is 1.44 bits per heavy atom. The summed E-state index contributed by atoms with van der Waals surface area (Å²) in [4.78, 5) is 4.34. The Bertz CT molecular complexity index is 329. The monoisotopic (exact) mass is 242 g/mol. The lowest BCUT2D eigenvalue weighted by Crippen LogP contribution is -2.20. The SMILES string of the molecule is CCOc1ccc(Cl)c(CNCC(C)C)n1. The van der Waals surface area contributed by atoms with Crippen LogP contribution in [0.2, 0.25) is 5.02 Å². The normalized spacial score (nSPS) is 10.8. The predicted molar refractivity (Wildman–Crippen MR) is 67.0 cm³/mol. The molecule has 0 aliphatic rings. The third kappa shape index (κ3) is 4.37. The second-order valence-electron chi connectivity index (χ2n) is 4.04. The van der Waals surface area contributed by atoms with E-state index in [1.54, 1.807) is 6.07 Å². The number of nitrogens with one attached hydrogen (secondary N) is 1. The van der Waals surface area contributed by atoms with Crippen molar-refractivity contribution < 1.29 is 4.74 Å². The van der Waals surface area contributed by atoms with Gasteiger partial charge in [0, 0.05) is 12.6 Å². The molecule has 4 heteroatoms. The quantitative estimate of drug-likeness (QED) is 0.833. The van der Waals surface area contributed by atoms with E-state index in [0.717, 1.165) is 12.2 Å². The first kappa shape index (κ1) is 13.3. The molecule has 0 atom stereocenters. The first-order valence-corrected chi connectivity index (χ1v) is 6.00. The molecule has 1 rings (SSSR count). The summed E-state index contributed by atoms with van der Waals surface area (Å²) in [5, 5.41) is 3.99. The number of nitrogens with zero attached hydrogens (tertiary/aromatic N) is 1. The second kappa shape index (κ2) is 6.71. The zero-order chi connectivity index (χ0) is 12.0. The lowest BCUT2D eigenvalue weighted by molar-refractivity contribution is 0.325. The number of rotatable bonds is 6. The minimum absolute atomic E-state index is 0.619. The van der Waals surface area contributed by atoms with Gasteiger partial charge in [-0.15, -0.1) is 0 Å². The number of hydrogen-bond donors (Lipinski definition) is 1. The molecule has 0 fully saturated rings. The summed E-state index contributed by atoms with van der Waals surface area (Å²) < 4.78 is 5.33. The standard InChI is InChI=1S/C12H19ClN2O/c1-4-16-12-6-5-10(13)11(15-12)8-14-7-9(2)3/h5-6,9,14H,4,7-8H2,1-3H3. The number of halogens is 1. The molecule has 90 valence electrons. The van der Waals surface area contributed by atoms with Gasteiger partial charge in [-0.1, -0.05) is 25.4 Å². The van der Waals surface area contributed by atoms with Crippen LogP contribution < -0.4 is 10.1 Å². The van der Waals surface area contributed by atoms with Crippen LogP contribution in [0.4, 0.5) is 0 Å². The van der Waals surface area contributed by atoms with Crippen LogP contribution in [-0.2, 0) is 6.54 Å². The van der Waals surface area contributed by atoms with Gasteiger partial charge in [0.25, 0.3) is 0 Å². The van der Waals surface area contributed by atoms with Crippen LogP contribution in [0.15, 0.2) is 12.1 Å². The summed E-state index contributed by atoms with van der Waals surface area (Å²) in [5.74, 6) is 1.25. The van der Waals surface area contributed by atoms with E-state index in [1.807, 2.05) is 13.0 Å².